The summed E-state index contributed by atoms with van der Waals surface area (Å²) in [7, 11) is 0. The average Bonchev–Trinajstić information content (AvgIpc) is 2.39. The van der Waals surface area contributed by atoms with Crippen LogP contribution in [0, 0.1) is 11.6 Å². The minimum absolute atomic E-state index is 0.297. The van der Waals surface area contributed by atoms with Crippen LogP contribution in [0.5, 0.6) is 0 Å². The van der Waals surface area contributed by atoms with Crippen molar-refractivity contribution in [1.29, 1.82) is 0 Å². The van der Waals surface area contributed by atoms with Gasteiger partial charge in [0.25, 0.3) is 0 Å². The molecule has 1 unspecified atom stereocenters. The van der Waals surface area contributed by atoms with Crippen LogP contribution in [0.2, 0.25) is 5.02 Å². The second-order valence-electron chi connectivity index (χ2n) is 4.29. The molecule has 0 aliphatic rings. The van der Waals surface area contributed by atoms with Crippen molar-refractivity contribution >= 4 is 27.5 Å². The molecule has 0 aliphatic heterocycles. The van der Waals surface area contributed by atoms with Crippen LogP contribution in [-0.4, -0.2) is 0 Å². The number of nitrogens with one attached hydrogen (secondary N) is 1. The molecule has 2 rings (SSSR count). The highest BCUT2D eigenvalue weighted by Gasteiger charge is 2.19. The Hall–Kier alpha value is -1.01. The first-order chi connectivity index (χ1) is 9.52. The highest BCUT2D eigenvalue weighted by molar-refractivity contribution is 9.10. The topological polar surface area (TPSA) is 38.0 Å². The molecule has 0 radical (unpaired) electrons. The minimum Gasteiger partial charge on any atom is -0.271 e. The number of nitrogens with two attached hydrogens (primary N) is 1. The van der Waals surface area contributed by atoms with E-state index in [4.69, 9.17) is 17.4 Å². The monoisotopic (exact) mass is 360 g/mol. The number of hydrazine groups is 1. The lowest BCUT2D eigenvalue weighted by molar-refractivity contribution is 0.509. The van der Waals surface area contributed by atoms with Crippen molar-refractivity contribution in [2.75, 3.05) is 0 Å². The molecule has 2 aromatic rings. The van der Waals surface area contributed by atoms with Crippen molar-refractivity contribution in [3.05, 3.63) is 68.7 Å². The number of rotatable bonds is 4. The van der Waals surface area contributed by atoms with E-state index in [2.05, 4.69) is 21.4 Å². The molecule has 0 aromatic heterocycles. The zero-order valence-corrected chi connectivity index (χ0v) is 12.7. The molecule has 0 amide bonds. The van der Waals surface area contributed by atoms with E-state index in [9.17, 15) is 8.78 Å². The normalized spacial score (nSPS) is 12.4. The van der Waals surface area contributed by atoms with Crippen molar-refractivity contribution in [3.8, 4) is 0 Å². The van der Waals surface area contributed by atoms with E-state index in [0.29, 0.717) is 21.5 Å². The lowest BCUT2D eigenvalue weighted by Gasteiger charge is -2.19. The maximum Gasteiger partial charge on any atom is 0.129 e. The van der Waals surface area contributed by atoms with Crippen LogP contribution >= 0.6 is 27.5 Å². The summed E-state index contributed by atoms with van der Waals surface area (Å²) in [6.45, 7) is 0. The predicted molar refractivity (Wildman–Crippen MR) is 79.3 cm³/mol. The molecule has 1 atom stereocenters. The first-order valence-corrected chi connectivity index (χ1v) is 7.04. The van der Waals surface area contributed by atoms with Gasteiger partial charge in [-0.2, -0.15) is 0 Å². The summed E-state index contributed by atoms with van der Waals surface area (Å²) in [5, 5.41) is 0.297. The highest BCUT2D eigenvalue weighted by atomic mass is 79.9. The quantitative estimate of drug-likeness (QED) is 0.635. The lowest BCUT2D eigenvalue weighted by atomic mass is 9.99. The largest absolute Gasteiger partial charge is 0.271 e. The summed E-state index contributed by atoms with van der Waals surface area (Å²) in [4.78, 5) is 0. The van der Waals surface area contributed by atoms with E-state index in [1.165, 1.54) is 24.3 Å². The Kier molecular flexibility index (Phi) is 5.10. The third kappa shape index (κ3) is 3.35. The molecule has 0 heterocycles. The molecule has 2 aromatic carbocycles. The molecule has 0 saturated heterocycles. The molecule has 6 heteroatoms. The van der Waals surface area contributed by atoms with Gasteiger partial charge in [0.2, 0.25) is 0 Å². The molecule has 2 nitrogen and oxygen atoms in total. The van der Waals surface area contributed by atoms with Gasteiger partial charge in [0.1, 0.15) is 11.6 Å². The van der Waals surface area contributed by atoms with Gasteiger partial charge in [0.05, 0.1) is 6.04 Å². The molecule has 0 aliphatic carbocycles. The Bertz CT molecular complexity index is 602. The summed E-state index contributed by atoms with van der Waals surface area (Å²) < 4.78 is 27.6. The van der Waals surface area contributed by atoms with Crippen molar-refractivity contribution in [2.24, 2.45) is 5.84 Å². The molecule has 0 bridgehead atoms. The Morgan fingerprint density at radius 1 is 1.25 bits per heavy atom. The molecule has 20 heavy (non-hydrogen) atoms. The van der Waals surface area contributed by atoms with Gasteiger partial charge in [-0.1, -0.05) is 39.7 Å². The van der Waals surface area contributed by atoms with Crippen molar-refractivity contribution < 1.29 is 8.78 Å². The standard InChI is InChI=1S/C14H12BrClF2N2/c15-10-7-9(17)5-4-8(10)6-13(20-19)14-11(16)2-1-3-12(14)18/h1-5,7,13,20H,6,19H2. The van der Waals surface area contributed by atoms with Gasteiger partial charge in [-0.15, -0.1) is 0 Å². The van der Waals surface area contributed by atoms with Gasteiger partial charge in [0.15, 0.2) is 0 Å². The van der Waals surface area contributed by atoms with Crippen LogP contribution in [0.3, 0.4) is 0 Å². The third-order valence-corrected chi connectivity index (χ3v) is 4.06. The van der Waals surface area contributed by atoms with Crippen LogP contribution < -0.4 is 11.3 Å². The Morgan fingerprint density at radius 2 is 2.00 bits per heavy atom. The fourth-order valence-electron chi connectivity index (χ4n) is 2.00. The van der Waals surface area contributed by atoms with E-state index in [0.717, 1.165) is 5.56 Å². The molecule has 0 spiro atoms. The van der Waals surface area contributed by atoms with Crippen LogP contribution in [0.15, 0.2) is 40.9 Å². The number of hydrogen-bond acceptors (Lipinski definition) is 2. The summed E-state index contributed by atoms with van der Waals surface area (Å²) in [6, 6.07) is 8.27. The number of halogens is 4. The zero-order valence-electron chi connectivity index (χ0n) is 10.3. The van der Waals surface area contributed by atoms with E-state index in [-0.39, 0.29) is 5.82 Å². The van der Waals surface area contributed by atoms with E-state index in [1.807, 2.05) is 0 Å². The maximum atomic E-state index is 13.9. The molecule has 106 valence electrons. The van der Waals surface area contributed by atoms with Gasteiger partial charge in [-0.05, 0) is 36.2 Å². The van der Waals surface area contributed by atoms with Gasteiger partial charge in [-0.25, -0.2) is 8.78 Å². The van der Waals surface area contributed by atoms with Crippen molar-refractivity contribution in [3.63, 3.8) is 0 Å². The second kappa shape index (κ2) is 6.63. The average molecular weight is 362 g/mol. The van der Waals surface area contributed by atoms with Crippen LogP contribution in [0.1, 0.15) is 17.2 Å². The number of hydrogen-bond donors (Lipinski definition) is 2. The molecule has 0 saturated carbocycles. The smallest absolute Gasteiger partial charge is 0.129 e. The van der Waals surface area contributed by atoms with E-state index in [1.54, 1.807) is 12.1 Å². The first-order valence-electron chi connectivity index (χ1n) is 5.87. The Morgan fingerprint density at radius 3 is 2.60 bits per heavy atom. The van der Waals surface area contributed by atoms with Gasteiger partial charge in [-0.3, -0.25) is 11.3 Å². The summed E-state index contributed by atoms with van der Waals surface area (Å²) in [6.07, 6.45) is 0.373. The van der Waals surface area contributed by atoms with Gasteiger partial charge >= 0.3 is 0 Å². The summed E-state index contributed by atoms with van der Waals surface area (Å²) in [5.74, 6) is 4.73. The Labute approximate surface area is 129 Å². The molecular weight excluding hydrogens is 350 g/mol. The molecular formula is C14H12BrClF2N2. The third-order valence-electron chi connectivity index (χ3n) is 2.99. The SMILES string of the molecule is NNC(Cc1ccc(F)cc1Br)c1c(F)cccc1Cl. The predicted octanol–water partition coefficient (Wildman–Crippen LogP) is 4.13. The van der Waals surface area contributed by atoms with Crippen molar-refractivity contribution in [2.45, 2.75) is 12.5 Å². The number of benzene rings is 2. The Balaban J connectivity index is 2.34. The highest BCUT2D eigenvalue weighted by Crippen LogP contribution is 2.30. The lowest BCUT2D eigenvalue weighted by Crippen LogP contribution is -2.30. The summed E-state index contributed by atoms with van der Waals surface area (Å²) >= 11 is 9.31. The van der Waals surface area contributed by atoms with Gasteiger partial charge in [0, 0.05) is 15.1 Å². The van der Waals surface area contributed by atoms with E-state index < -0.39 is 11.9 Å². The second-order valence-corrected chi connectivity index (χ2v) is 5.56. The minimum atomic E-state index is -0.509. The fourth-order valence-corrected chi connectivity index (χ4v) is 2.80. The fraction of sp³-hybridized carbons (Fsp3) is 0.143. The maximum absolute atomic E-state index is 13.9. The first kappa shape index (κ1) is 15.4. The van der Waals surface area contributed by atoms with Crippen LogP contribution in [-0.2, 0) is 6.42 Å². The molecule has 0 fully saturated rings. The summed E-state index contributed by atoms with van der Waals surface area (Å²) in [5.41, 5.74) is 3.65. The van der Waals surface area contributed by atoms with E-state index >= 15 is 0 Å². The van der Waals surface area contributed by atoms with Gasteiger partial charge < -0.3 is 0 Å². The van der Waals surface area contributed by atoms with Crippen LogP contribution in [0.25, 0.3) is 0 Å². The zero-order chi connectivity index (χ0) is 14.7. The van der Waals surface area contributed by atoms with Crippen molar-refractivity contribution in [1.82, 2.24) is 5.43 Å². The molecule has 3 N–H and O–H groups in total. The van der Waals surface area contributed by atoms with Crippen LogP contribution in [0.4, 0.5) is 8.78 Å².